The van der Waals surface area contributed by atoms with E-state index in [1.54, 1.807) is 6.92 Å². The molecule has 0 heterocycles. The van der Waals surface area contributed by atoms with Gasteiger partial charge in [0.05, 0.1) is 17.2 Å². The first-order valence-corrected chi connectivity index (χ1v) is 6.23. The number of methoxy groups -OCH3 is 1. The third-order valence-corrected chi connectivity index (χ3v) is 3.04. The fraction of sp³-hybridized carbons (Fsp3) is 0.333. The zero-order valence-corrected chi connectivity index (χ0v) is 11.9. The summed E-state index contributed by atoms with van der Waals surface area (Å²) in [5.41, 5.74) is 0.176. The highest BCUT2D eigenvalue weighted by atomic mass is 35.5. The van der Waals surface area contributed by atoms with Crippen molar-refractivity contribution in [3.8, 4) is 5.75 Å². The molecule has 0 spiro atoms. The fourth-order valence-corrected chi connectivity index (χ4v) is 2.11. The summed E-state index contributed by atoms with van der Waals surface area (Å²) in [5.74, 6) is -1.38. The largest absolute Gasteiger partial charge is 0.494 e. The number of rotatable bonds is 5. The maximum Gasteiger partial charge on any atom is 0.326 e. The number of carbonyl (C=O) groups is 2. The number of carboxylic acids is 1. The smallest absolute Gasteiger partial charge is 0.326 e. The average Bonchev–Trinajstić information content (AvgIpc) is 2.34. The molecule has 0 saturated carbocycles. The van der Waals surface area contributed by atoms with Crippen LogP contribution in [0.3, 0.4) is 0 Å². The summed E-state index contributed by atoms with van der Waals surface area (Å²) in [7, 11) is 1.41. The van der Waals surface area contributed by atoms with E-state index in [0.29, 0.717) is 0 Å². The van der Waals surface area contributed by atoms with E-state index < -0.39 is 17.9 Å². The Bertz CT molecular complexity index is 481. The van der Waals surface area contributed by atoms with Gasteiger partial charge in [0.1, 0.15) is 6.04 Å². The van der Waals surface area contributed by atoms with Gasteiger partial charge in [-0.3, -0.25) is 4.79 Å². The van der Waals surface area contributed by atoms with E-state index >= 15 is 0 Å². The summed E-state index contributed by atoms with van der Waals surface area (Å²) in [6.45, 7) is 1.66. The van der Waals surface area contributed by atoms with Crippen molar-refractivity contribution < 1.29 is 19.4 Å². The van der Waals surface area contributed by atoms with E-state index in [2.05, 4.69) is 5.32 Å². The van der Waals surface area contributed by atoms with E-state index in [9.17, 15) is 9.59 Å². The van der Waals surface area contributed by atoms with Gasteiger partial charge in [-0.25, -0.2) is 4.79 Å². The number of hydrogen-bond acceptors (Lipinski definition) is 3. The Hall–Kier alpha value is -1.46. The first kappa shape index (κ1) is 15.6. The zero-order valence-electron chi connectivity index (χ0n) is 10.4. The lowest BCUT2D eigenvalue weighted by Crippen LogP contribution is -2.40. The van der Waals surface area contributed by atoms with Gasteiger partial charge in [0.15, 0.2) is 5.75 Å². The molecule has 104 valence electrons. The number of carbonyl (C=O) groups excluding carboxylic acids is 1. The van der Waals surface area contributed by atoms with E-state index in [0.717, 1.165) is 0 Å². The minimum atomic E-state index is -1.10. The van der Waals surface area contributed by atoms with Crippen molar-refractivity contribution in [1.29, 1.82) is 0 Å². The molecular weight excluding hydrogens is 293 g/mol. The number of halogens is 2. The molecule has 0 unspecified atom stereocenters. The molecule has 5 nitrogen and oxygen atoms in total. The van der Waals surface area contributed by atoms with E-state index in [4.69, 9.17) is 33.0 Å². The number of amides is 1. The lowest BCUT2D eigenvalue weighted by Gasteiger charge is -2.13. The molecule has 19 heavy (non-hydrogen) atoms. The van der Waals surface area contributed by atoms with Crippen LogP contribution < -0.4 is 10.1 Å². The van der Waals surface area contributed by atoms with Crippen LogP contribution in [-0.4, -0.2) is 30.1 Å². The normalized spacial score (nSPS) is 11.8. The van der Waals surface area contributed by atoms with Crippen LogP contribution in [-0.2, 0) is 4.79 Å². The molecular formula is C12H13Cl2NO4. The number of benzene rings is 1. The number of hydrogen-bond donors (Lipinski definition) is 2. The van der Waals surface area contributed by atoms with Crippen molar-refractivity contribution >= 4 is 35.1 Å². The van der Waals surface area contributed by atoms with Gasteiger partial charge in [-0.2, -0.15) is 0 Å². The molecule has 0 saturated heterocycles. The lowest BCUT2D eigenvalue weighted by molar-refractivity contribution is -0.139. The third-order valence-electron chi connectivity index (χ3n) is 2.48. The minimum Gasteiger partial charge on any atom is -0.494 e. The van der Waals surface area contributed by atoms with Gasteiger partial charge in [-0.05, 0) is 18.6 Å². The molecule has 1 aromatic rings. The maximum atomic E-state index is 11.9. The summed E-state index contributed by atoms with van der Waals surface area (Å²) < 4.78 is 4.96. The van der Waals surface area contributed by atoms with Gasteiger partial charge in [0.25, 0.3) is 5.91 Å². The van der Waals surface area contributed by atoms with Gasteiger partial charge < -0.3 is 15.2 Å². The van der Waals surface area contributed by atoms with Crippen LogP contribution in [0, 0.1) is 0 Å². The molecule has 0 bridgehead atoms. The number of aliphatic carboxylic acids is 1. The SMILES string of the molecule is CC[C@H](NC(=O)c1cc(Cl)c(OC)c(Cl)c1)C(=O)O. The van der Waals surface area contributed by atoms with Crippen molar-refractivity contribution in [2.24, 2.45) is 0 Å². The Morgan fingerprint density at radius 2 is 1.89 bits per heavy atom. The lowest BCUT2D eigenvalue weighted by atomic mass is 10.1. The Labute approximate surface area is 120 Å². The molecule has 1 rings (SSSR count). The summed E-state index contributed by atoms with van der Waals surface area (Å²) in [4.78, 5) is 22.7. The van der Waals surface area contributed by atoms with Crippen LogP contribution in [0.4, 0.5) is 0 Å². The predicted octanol–water partition coefficient (Wildman–Crippen LogP) is 2.59. The highest BCUT2D eigenvalue weighted by Crippen LogP contribution is 2.33. The second kappa shape index (κ2) is 6.63. The van der Waals surface area contributed by atoms with Gasteiger partial charge in [0, 0.05) is 5.56 Å². The standard InChI is InChI=1S/C12H13Cl2NO4/c1-3-9(12(17)18)15-11(16)6-4-7(13)10(19-2)8(14)5-6/h4-5,9H,3H2,1-2H3,(H,15,16)(H,17,18)/t9-/m0/s1. The van der Waals surface area contributed by atoms with Gasteiger partial charge in [-0.15, -0.1) is 0 Å². The molecule has 0 fully saturated rings. The molecule has 0 aromatic heterocycles. The van der Waals surface area contributed by atoms with Crippen molar-refractivity contribution in [3.05, 3.63) is 27.7 Å². The molecule has 0 aliphatic heterocycles. The zero-order chi connectivity index (χ0) is 14.6. The monoisotopic (exact) mass is 305 g/mol. The Morgan fingerprint density at radius 3 is 2.26 bits per heavy atom. The average molecular weight is 306 g/mol. The molecule has 1 aromatic carbocycles. The van der Waals surface area contributed by atoms with Crippen molar-refractivity contribution in [3.63, 3.8) is 0 Å². The summed E-state index contributed by atoms with van der Waals surface area (Å²) in [5, 5.41) is 11.6. The Balaban J connectivity index is 2.98. The molecule has 0 radical (unpaired) electrons. The van der Waals surface area contributed by atoms with Crippen LogP contribution in [0.25, 0.3) is 0 Å². The van der Waals surface area contributed by atoms with Crippen LogP contribution in [0.15, 0.2) is 12.1 Å². The van der Waals surface area contributed by atoms with Gasteiger partial charge in [0.2, 0.25) is 0 Å². The molecule has 2 N–H and O–H groups in total. The maximum absolute atomic E-state index is 11.9. The molecule has 7 heteroatoms. The second-order valence-electron chi connectivity index (χ2n) is 3.75. The molecule has 0 aliphatic rings. The van der Waals surface area contributed by atoms with Crippen molar-refractivity contribution in [1.82, 2.24) is 5.32 Å². The molecule has 1 atom stereocenters. The van der Waals surface area contributed by atoms with Crippen molar-refractivity contribution in [2.75, 3.05) is 7.11 Å². The quantitative estimate of drug-likeness (QED) is 0.876. The summed E-state index contributed by atoms with van der Waals surface area (Å²) >= 11 is 11.8. The van der Waals surface area contributed by atoms with Gasteiger partial charge >= 0.3 is 5.97 Å². The number of carboxylic acid groups (broad SMARTS) is 1. The van der Waals surface area contributed by atoms with Crippen LogP contribution in [0.1, 0.15) is 23.7 Å². The fourth-order valence-electron chi connectivity index (χ4n) is 1.47. The highest BCUT2D eigenvalue weighted by Gasteiger charge is 2.20. The van der Waals surface area contributed by atoms with Crippen LogP contribution >= 0.6 is 23.2 Å². The second-order valence-corrected chi connectivity index (χ2v) is 4.56. The Morgan fingerprint density at radius 1 is 1.37 bits per heavy atom. The van der Waals surface area contributed by atoms with E-state index in [-0.39, 0.29) is 27.8 Å². The van der Waals surface area contributed by atoms with Crippen LogP contribution in [0.2, 0.25) is 10.0 Å². The first-order chi connectivity index (χ1) is 8.90. The van der Waals surface area contributed by atoms with Crippen LogP contribution in [0.5, 0.6) is 5.75 Å². The van der Waals surface area contributed by atoms with Gasteiger partial charge in [-0.1, -0.05) is 30.1 Å². The first-order valence-electron chi connectivity index (χ1n) is 5.47. The third kappa shape index (κ3) is 3.75. The van der Waals surface area contributed by atoms with Crippen molar-refractivity contribution in [2.45, 2.75) is 19.4 Å². The van der Waals surface area contributed by atoms with E-state index in [1.807, 2.05) is 0 Å². The molecule has 1 amide bonds. The Kier molecular flexibility index (Phi) is 5.44. The highest BCUT2D eigenvalue weighted by molar-refractivity contribution is 6.37. The van der Waals surface area contributed by atoms with E-state index in [1.165, 1.54) is 19.2 Å². The predicted molar refractivity (Wildman–Crippen MR) is 72.2 cm³/mol. The summed E-state index contributed by atoms with van der Waals surface area (Å²) in [6, 6.07) is 1.79. The molecule has 0 aliphatic carbocycles. The minimum absolute atomic E-state index is 0.176. The topological polar surface area (TPSA) is 75.6 Å². The number of nitrogens with one attached hydrogen (secondary N) is 1. The summed E-state index contributed by atoms with van der Waals surface area (Å²) in [6.07, 6.45) is 0.276. The number of ether oxygens (including phenoxy) is 1.